The van der Waals surface area contributed by atoms with E-state index in [2.05, 4.69) is 26.2 Å². The minimum absolute atomic E-state index is 0.542. The Bertz CT molecular complexity index is 428. The topological polar surface area (TPSA) is 48.2 Å². The zero-order chi connectivity index (χ0) is 11.3. The van der Waals surface area contributed by atoms with E-state index in [1.807, 2.05) is 12.4 Å². The van der Waals surface area contributed by atoms with Crippen molar-refractivity contribution in [1.29, 1.82) is 5.26 Å². The van der Waals surface area contributed by atoms with Gasteiger partial charge in [-0.15, -0.1) is 0 Å². The van der Waals surface area contributed by atoms with Gasteiger partial charge in [0.25, 0.3) is 0 Å². The first-order valence-corrected chi connectivity index (χ1v) is 6.29. The number of rotatable bonds is 1. The lowest BCUT2D eigenvalue weighted by molar-refractivity contribution is 1.28. The quantitative estimate of drug-likeness (QED) is 0.374. The average Bonchev–Trinajstić information content (AvgIpc) is 2.21. The second-order valence-electron chi connectivity index (χ2n) is 2.45. The van der Waals surface area contributed by atoms with Crippen LogP contribution in [0.15, 0.2) is 27.7 Å². The fourth-order valence-corrected chi connectivity index (χ4v) is 1.96. The van der Waals surface area contributed by atoms with E-state index in [1.165, 1.54) is 11.8 Å². The number of hydrogen-bond acceptors (Lipinski definition) is 3. The molecular formula is C9H7BrClN3S. The molecule has 0 unspecified atom stereocenters. The lowest BCUT2D eigenvalue weighted by Crippen LogP contribution is -2.12. The van der Waals surface area contributed by atoms with Crippen molar-refractivity contribution in [2.24, 2.45) is 4.99 Å². The highest BCUT2D eigenvalue weighted by Crippen LogP contribution is 2.28. The monoisotopic (exact) mass is 303 g/mol. The number of halogens is 2. The van der Waals surface area contributed by atoms with Gasteiger partial charge in [0.2, 0.25) is 0 Å². The average molecular weight is 305 g/mol. The predicted molar refractivity (Wildman–Crippen MR) is 68.5 cm³/mol. The van der Waals surface area contributed by atoms with Crippen molar-refractivity contribution in [3.8, 4) is 6.19 Å². The van der Waals surface area contributed by atoms with Gasteiger partial charge in [0, 0.05) is 9.50 Å². The first-order valence-electron chi connectivity index (χ1n) is 3.90. The predicted octanol–water partition coefficient (Wildman–Crippen LogP) is 3.52. The van der Waals surface area contributed by atoms with E-state index in [1.54, 1.807) is 18.2 Å². The Hall–Kier alpha value is -0.700. The number of aliphatic imine (C=N–C) groups is 1. The first kappa shape index (κ1) is 12.4. The molecular weight excluding hydrogens is 298 g/mol. The summed E-state index contributed by atoms with van der Waals surface area (Å²) in [6.07, 6.45) is 3.67. The smallest absolute Gasteiger partial charge is 0.183 e. The Morgan fingerprint density at radius 1 is 1.67 bits per heavy atom. The highest BCUT2D eigenvalue weighted by Gasteiger charge is 2.01. The second-order valence-corrected chi connectivity index (χ2v) is 4.54. The van der Waals surface area contributed by atoms with Gasteiger partial charge in [-0.05, 0) is 40.4 Å². The van der Waals surface area contributed by atoms with Crippen LogP contribution < -0.4 is 5.32 Å². The van der Waals surface area contributed by atoms with Crippen LogP contribution in [0.2, 0.25) is 5.02 Å². The summed E-state index contributed by atoms with van der Waals surface area (Å²) in [5, 5.41) is 12.1. The van der Waals surface area contributed by atoms with Gasteiger partial charge in [-0.2, -0.15) is 5.26 Å². The summed E-state index contributed by atoms with van der Waals surface area (Å²) in [6.45, 7) is 0. The number of nitriles is 1. The Morgan fingerprint density at radius 2 is 2.40 bits per heavy atom. The van der Waals surface area contributed by atoms with Crippen molar-refractivity contribution >= 4 is 50.1 Å². The third-order valence-electron chi connectivity index (χ3n) is 1.49. The van der Waals surface area contributed by atoms with Gasteiger partial charge in [0.1, 0.15) is 0 Å². The van der Waals surface area contributed by atoms with Crippen LogP contribution >= 0.6 is 39.3 Å². The molecule has 0 spiro atoms. The molecule has 1 aromatic carbocycles. The minimum atomic E-state index is 0.542. The standard InChI is InChI=1S/C9H7BrClN3S/c1-15-9(13-5-12)14-8-3-2-6(11)4-7(8)10/h2-4H,1H3,(H,13,14). The molecule has 0 fully saturated rings. The fraction of sp³-hybridized carbons (Fsp3) is 0.111. The van der Waals surface area contributed by atoms with Gasteiger partial charge in [0.05, 0.1) is 5.69 Å². The summed E-state index contributed by atoms with van der Waals surface area (Å²) in [7, 11) is 0. The van der Waals surface area contributed by atoms with E-state index in [4.69, 9.17) is 16.9 Å². The minimum Gasteiger partial charge on any atom is -0.271 e. The molecule has 0 aliphatic heterocycles. The molecule has 0 amide bonds. The number of nitrogens with one attached hydrogen (secondary N) is 1. The molecule has 15 heavy (non-hydrogen) atoms. The Balaban J connectivity index is 3.01. The molecule has 0 radical (unpaired) electrons. The number of thioether (sulfide) groups is 1. The van der Waals surface area contributed by atoms with Crippen LogP contribution in [0.5, 0.6) is 0 Å². The maximum absolute atomic E-state index is 8.47. The molecule has 1 aromatic rings. The molecule has 6 heteroatoms. The lowest BCUT2D eigenvalue weighted by atomic mass is 10.3. The van der Waals surface area contributed by atoms with E-state index in [-0.39, 0.29) is 0 Å². The van der Waals surface area contributed by atoms with Crippen molar-refractivity contribution in [2.45, 2.75) is 0 Å². The van der Waals surface area contributed by atoms with Gasteiger partial charge in [-0.25, -0.2) is 4.99 Å². The molecule has 0 saturated heterocycles. The van der Waals surface area contributed by atoms with Gasteiger partial charge in [0.15, 0.2) is 11.4 Å². The first-order chi connectivity index (χ1) is 7.17. The molecule has 1 N–H and O–H groups in total. The number of nitrogens with zero attached hydrogens (tertiary/aromatic N) is 2. The van der Waals surface area contributed by atoms with Crippen LogP contribution in [0.25, 0.3) is 0 Å². The van der Waals surface area contributed by atoms with E-state index >= 15 is 0 Å². The summed E-state index contributed by atoms with van der Waals surface area (Å²) in [5.41, 5.74) is 0.728. The normalized spacial score (nSPS) is 10.9. The van der Waals surface area contributed by atoms with Crippen molar-refractivity contribution in [1.82, 2.24) is 5.32 Å². The molecule has 0 heterocycles. The molecule has 0 saturated carbocycles. The van der Waals surface area contributed by atoms with E-state index in [0.717, 1.165) is 10.2 Å². The van der Waals surface area contributed by atoms with Gasteiger partial charge in [-0.3, -0.25) is 5.32 Å². The Kier molecular flexibility index (Phi) is 4.95. The number of benzene rings is 1. The molecule has 0 aromatic heterocycles. The zero-order valence-corrected chi connectivity index (χ0v) is 10.9. The summed E-state index contributed by atoms with van der Waals surface area (Å²) in [6, 6.07) is 5.28. The van der Waals surface area contributed by atoms with E-state index in [9.17, 15) is 0 Å². The van der Waals surface area contributed by atoms with Crippen molar-refractivity contribution < 1.29 is 0 Å². The summed E-state index contributed by atoms with van der Waals surface area (Å²) < 4.78 is 0.793. The lowest BCUT2D eigenvalue weighted by Gasteiger charge is -2.02. The van der Waals surface area contributed by atoms with Crippen LogP contribution in [0.4, 0.5) is 5.69 Å². The maximum atomic E-state index is 8.47. The highest BCUT2D eigenvalue weighted by atomic mass is 79.9. The molecule has 0 bridgehead atoms. The molecule has 0 aliphatic rings. The summed E-state index contributed by atoms with van der Waals surface area (Å²) in [5.74, 6) is 0. The van der Waals surface area contributed by atoms with Crippen LogP contribution in [-0.4, -0.2) is 11.4 Å². The van der Waals surface area contributed by atoms with Gasteiger partial charge >= 0.3 is 0 Å². The maximum Gasteiger partial charge on any atom is 0.183 e. The van der Waals surface area contributed by atoms with Gasteiger partial charge in [-0.1, -0.05) is 23.4 Å². The summed E-state index contributed by atoms with van der Waals surface area (Å²) in [4.78, 5) is 4.25. The third kappa shape index (κ3) is 3.74. The van der Waals surface area contributed by atoms with Crippen LogP contribution in [0, 0.1) is 11.5 Å². The molecule has 0 aliphatic carbocycles. The molecule has 1 rings (SSSR count). The van der Waals surface area contributed by atoms with Crippen LogP contribution in [0.3, 0.4) is 0 Å². The van der Waals surface area contributed by atoms with Gasteiger partial charge < -0.3 is 0 Å². The SMILES string of the molecule is CSC(=Nc1ccc(Cl)cc1Br)NC#N. The highest BCUT2D eigenvalue weighted by molar-refractivity contribution is 9.10. The molecule has 3 nitrogen and oxygen atoms in total. The van der Waals surface area contributed by atoms with Crippen LogP contribution in [-0.2, 0) is 0 Å². The fourth-order valence-electron chi connectivity index (χ4n) is 0.854. The summed E-state index contributed by atoms with van der Waals surface area (Å²) >= 11 is 10.5. The van der Waals surface area contributed by atoms with Crippen molar-refractivity contribution in [3.05, 3.63) is 27.7 Å². The van der Waals surface area contributed by atoms with E-state index < -0.39 is 0 Å². The van der Waals surface area contributed by atoms with Crippen LogP contribution in [0.1, 0.15) is 0 Å². The zero-order valence-electron chi connectivity index (χ0n) is 7.79. The third-order valence-corrected chi connectivity index (χ3v) is 2.94. The molecule has 0 atom stereocenters. The van der Waals surface area contributed by atoms with Crippen molar-refractivity contribution in [2.75, 3.05) is 6.26 Å². The Morgan fingerprint density at radius 3 is 2.93 bits per heavy atom. The number of hydrogen-bond donors (Lipinski definition) is 1. The largest absolute Gasteiger partial charge is 0.271 e. The van der Waals surface area contributed by atoms with E-state index in [0.29, 0.717) is 10.2 Å². The Labute approximate surface area is 106 Å². The second kappa shape index (κ2) is 6.01. The molecule has 78 valence electrons. The van der Waals surface area contributed by atoms with Crippen molar-refractivity contribution in [3.63, 3.8) is 0 Å². The number of amidine groups is 1.